The molecule has 5 nitrogen and oxygen atoms in total. The van der Waals surface area contributed by atoms with Crippen molar-refractivity contribution in [2.75, 3.05) is 0 Å². The maximum Gasteiger partial charge on any atom is 0.338 e. The third kappa shape index (κ3) is 10.4. The number of carbonyl (C=O) groups excluding carboxylic acids is 1. The zero-order valence-electron chi connectivity index (χ0n) is 30.0. The summed E-state index contributed by atoms with van der Waals surface area (Å²) in [5, 5.41) is 9.18. The summed E-state index contributed by atoms with van der Waals surface area (Å²) in [6.45, 7) is 14.2. The van der Waals surface area contributed by atoms with Crippen LogP contribution in [-0.2, 0) is 14.0 Å². The van der Waals surface area contributed by atoms with Crippen LogP contribution >= 0.6 is 0 Å². The van der Waals surface area contributed by atoms with Gasteiger partial charge < -0.3 is 14.3 Å². The highest BCUT2D eigenvalue weighted by Crippen LogP contribution is 2.47. The van der Waals surface area contributed by atoms with Crippen molar-refractivity contribution in [3.05, 3.63) is 71.8 Å². The molecule has 47 heavy (non-hydrogen) atoms. The molecular weight excluding hydrogens is 601 g/mol. The van der Waals surface area contributed by atoms with Crippen molar-refractivity contribution in [3.63, 3.8) is 0 Å². The maximum absolute atomic E-state index is 13.4. The highest BCUT2D eigenvalue weighted by Gasteiger charge is 2.46. The molecule has 4 rings (SSSR count). The number of hydrogen-bond acceptors (Lipinski definition) is 4. The molecule has 2 aromatic carbocycles. The molecular formula is C41H60O5Si. The molecule has 3 atom stereocenters. The number of carbonyl (C=O) groups is 2. The summed E-state index contributed by atoms with van der Waals surface area (Å²) < 4.78 is 13.6. The Bertz CT molecular complexity index is 1320. The summed E-state index contributed by atoms with van der Waals surface area (Å²) in [6, 6.07) is 17.9. The van der Waals surface area contributed by atoms with Gasteiger partial charge in [0.25, 0.3) is 0 Å². The number of esters is 1. The van der Waals surface area contributed by atoms with Crippen molar-refractivity contribution >= 4 is 20.3 Å². The third-order valence-corrected chi connectivity index (χ3v) is 15.9. The van der Waals surface area contributed by atoms with Crippen LogP contribution in [0.4, 0.5) is 0 Å². The van der Waals surface area contributed by atoms with E-state index in [1.807, 2.05) is 42.5 Å². The van der Waals surface area contributed by atoms with Gasteiger partial charge in [-0.05, 0) is 92.8 Å². The van der Waals surface area contributed by atoms with Crippen LogP contribution in [0.1, 0.15) is 128 Å². The van der Waals surface area contributed by atoms with Crippen molar-refractivity contribution in [1.29, 1.82) is 0 Å². The van der Waals surface area contributed by atoms with Crippen LogP contribution in [0.25, 0.3) is 11.1 Å². The van der Waals surface area contributed by atoms with E-state index in [0.29, 0.717) is 17.9 Å². The quantitative estimate of drug-likeness (QED) is 0.0839. The average molecular weight is 661 g/mol. The van der Waals surface area contributed by atoms with E-state index in [4.69, 9.17) is 14.3 Å². The van der Waals surface area contributed by atoms with Crippen molar-refractivity contribution in [2.45, 2.75) is 147 Å². The number of ether oxygens (including phenoxy) is 1. The van der Waals surface area contributed by atoms with Crippen LogP contribution in [0.3, 0.4) is 0 Å². The van der Waals surface area contributed by atoms with Crippen LogP contribution in [0.2, 0.25) is 18.1 Å². The Morgan fingerprint density at radius 2 is 1.49 bits per heavy atom. The first kappa shape index (κ1) is 37.1. The summed E-state index contributed by atoms with van der Waals surface area (Å²) in [7, 11) is -1.99. The van der Waals surface area contributed by atoms with Crippen molar-refractivity contribution in [3.8, 4) is 11.1 Å². The topological polar surface area (TPSA) is 72.8 Å². The van der Waals surface area contributed by atoms with Crippen LogP contribution < -0.4 is 0 Å². The van der Waals surface area contributed by atoms with Crippen molar-refractivity contribution in [2.24, 2.45) is 11.8 Å². The van der Waals surface area contributed by atoms with Gasteiger partial charge in [-0.3, -0.25) is 4.79 Å². The summed E-state index contributed by atoms with van der Waals surface area (Å²) in [5.74, 6) is -0.224. The Morgan fingerprint density at radius 3 is 2.13 bits per heavy atom. The van der Waals surface area contributed by atoms with Crippen molar-refractivity contribution < 1.29 is 23.9 Å². The van der Waals surface area contributed by atoms with Gasteiger partial charge in [-0.2, -0.15) is 0 Å². The van der Waals surface area contributed by atoms with Crippen LogP contribution in [0, 0.1) is 11.8 Å². The Balaban J connectivity index is 1.46. The van der Waals surface area contributed by atoms with E-state index in [2.05, 4.69) is 59.0 Å². The van der Waals surface area contributed by atoms with Crippen LogP contribution in [-0.4, -0.2) is 37.1 Å². The number of benzene rings is 2. The van der Waals surface area contributed by atoms with Gasteiger partial charge in [-0.15, -0.1) is 0 Å². The minimum Gasteiger partial charge on any atom is -0.481 e. The monoisotopic (exact) mass is 660 g/mol. The van der Waals surface area contributed by atoms with Gasteiger partial charge in [0.2, 0.25) is 0 Å². The minimum atomic E-state index is -1.99. The maximum atomic E-state index is 13.4. The fourth-order valence-corrected chi connectivity index (χ4v) is 9.16. The Morgan fingerprint density at radius 1 is 0.851 bits per heavy atom. The Kier molecular flexibility index (Phi) is 13.1. The second-order valence-electron chi connectivity index (χ2n) is 15.9. The molecule has 1 saturated carbocycles. The first-order valence-electron chi connectivity index (χ1n) is 18.3. The third-order valence-electron chi connectivity index (χ3n) is 11.4. The van der Waals surface area contributed by atoms with E-state index in [-0.39, 0.29) is 35.1 Å². The molecule has 0 amide bonds. The summed E-state index contributed by atoms with van der Waals surface area (Å²) in [6.07, 6.45) is 16.1. The molecule has 0 aliphatic heterocycles. The zero-order chi connectivity index (χ0) is 34.1. The molecule has 1 fully saturated rings. The number of aliphatic carboxylic acids is 1. The number of unbranched alkanes of at least 4 members (excludes halogenated alkanes) is 3. The number of hydrogen-bond donors (Lipinski definition) is 1. The van der Waals surface area contributed by atoms with E-state index in [1.165, 1.54) is 37.7 Å². The second kappa shape index (κ2) is 16.6. The molecule has 0 spiro atoms. The fourth-order valence-electron chi connectivity index (χ4n) is 7.42. The van der Waals surface area contributed by atoms with E-state index in [1.54, 1.807) is 0 Å². The van der Waals surface area contributed by atoms with Gasteiger partial charge >= 0.3 is 11.9 Å². The van der Waals surface area contributed by atoms with Crippen LogP contribution in [0.5, 0.6) is 0 Å². The second-order valence-corrected chi connectivity index (χ2v) is 20.6. The predicted molar refractivity (Wildman–Crippen MR) is 195 cm³/mol. The summed E-state index contributed by atoms with van der Waals surface area (Å²) in [4.78, 5) is 24.4. The Hall–Kier alpha value is -2.70. The Labute approximate surface area is 285 Å². The summed E-state index contributed by atoms with van der Waals surface area (Å²) >= 11 is 0. The average Bonchev–Trinajstić information content (AvgIpc) is 3.42. The van der Waals surface area contributed by atoms with E-state index < -0.39 is 14.3 Å². The largest absolute Gasteiger partial charge is 0.481 e. The van der Waals surface area contributed by atoms with Gasteiger partial charge in [0, 0.05) is 18.8 Å². The van der Waals surface area contributed by atoms with Gasteiger partial charge in [0.15, 0.2) is 8.32 Å². The molecule has 2 aliphatic rings. The molecule has 6 heteroatoms. The lowest BCUT2D eigenvalue weighted by molar-refractivity contribution is -0.137. The van der Waals surface area contributed by atoms with Gasteiger partial charge in [-0.1, -0.05) is 113 Å². The molecule has 0 radical (unpaired) electrons. The van der Waals surface area contributed by atoms with Gasteiger partial charge in [-0.25, -0.2) is 4.79 Å². The first-order chi connectivity index (χ1) is 22.3. The van der Waals surface area contributed by atoms with Crippen molar-refractivity contribution in [1.82, 2.24) is 0 Å². The normalized spacial score (nSPS) is 20.4. The zero-order valence-corrected chi connectivity index (χ0v) is 31.0. The molecule has 258 valence electrons. The number of carboxylic acid groups (broad SMARTS) is 1. The number of carboxylic acids is 1. The summed E-state index contributed by atoms with van der Waals surface area (Å²) in [5.41, 5.74) is 4.03. The smallest absolute Gasteiger partial charge is 0.338 e. The molecule has 0 heterocycles. The molecule has 0 bridgehead atoms. The van der Waals surface area contributed by atoms with E-state index in [9.17, 15) is 9.59 Å². The lowest BCUT2D eigenvalue weighted by Gasteiger charge is -2.49. The predicted octanol–water partition coefficient (Wildman–Crippen LogP) is 11.4. The first-order valence-corrected chi connectivity index (χ1v) is 21.2. The van der Waals surface area contributed by atoms with E-state index >= 15 is 0 Å². The molecule has 2 aliphatic carbocycles. The lowest BCUT2D eigenvalue weighted by Crippen LogP contribution is -2.52. The molecule has 1 N–H and O–H groups in total. The van der Waals surface area contributed by atoms with Crippen LogP contribution in [0.15, 0.2) is 66.2 Å². The molecule has 2 aromatic rings. The highest BCUT2D eigenvalue weighted by atomic mass is 28.4. The SMILES string of the molecule is CC(CCC1=CC[C@H](OC(=O)c2ccc(-c3ccccc3)cc2)[C@@H]1CCCCCCC(=O)O)(O[Si](C)(C)C(C)(C)C)C1CCCCC1. The highest BCUT2D eigenvalue weighted by molar-refractivity contribution is 6.74. The lowest BCUT2D eigenvalue weighted by atomic mass is 9.75. The minimum absolute atomic E-state index is 0.150. The molecule has 0 saturated heterocycles. The van der Waals surface area contributed by atoms with Gasteiger partial charge in [0.1, 0.15) is 6.10 Å². The molecule has 1 unspecified atom stereocenters. The van der Waals surface area contributed by atoms with E-state index in [0.717, 1.165) is 56.1 Å². The van der Waals surface area contributed by atoms with Gasteiger partial charge in [0.05, 0.1) is 11.2 Å². The molecule has 0 aromatic heterocycles. The number of rotatable bonds is 16. The fraction of sp³-hybridized carbons (Fsp3) is 0.610. The standard InChI is InChI=1S/C41H60O5Si/c1-40(2,3)47(5,6)46-41(4,35-19-13-10-14-20-35)30-29-33-27-28-37(36(33)21-15-7-8-16-22-38(42)43)45-39(44)34-25-23-32(24-26-34)31-17-11-9-12-18-31/h9,11-12,17-18,23-27,35-37H,7-8,10,13-16,19-22,28-30H2,1-6H3,(H,42,43)/t36-,37+,41?/m1/s1.